The number of nitrogens with zero attached hydrogens (tertiary/aromatic N) is 3. The molecule has 1 atom stereocenters. The van der Waals surface area contributed by atoms with Crippen LogP contribution in [-0.2, 0) is 11.2 Å². The number of carboxylic acid groups (broad SMARTS) is 1. The van der Waals surface area contributed by atoms with E-state index in [4.69, 9.17) is 5.11 Å². The number of piperidine rings is 1. The van der Waals surface area contributed by atoms with Gasteiger partial charge in [-0.1, -0.05) is 0 Å². The summed E-state index contributed by atoms with van der Waals surface area (Å²) in [5, 5.41) is 18.1. The lowest BCUT2D eigenvalue weighted by Crippen LogP contribution is -2.49. The first-order valence-electron chi connectivity index (χ1n) is 7.27. The van der Waals surface area contributed by atoms with Gasteiger partial charge in [-0.15, -0.1) is 0 Å². The highest BCUT2D eigenvalue weighted by atomic mass is 16.4. The second-order valence-corrected chi connectivity index (χ2v) is 5.19. The molecule has 1 aliphatic heterocycles. The molecular formula is C13H21N5O3. The molecule has 8 nitrogen and oxygen atoms in total. The standard InChI is InChI=1S/C13H21N5O3/c19-12(20)5-4-10-3-1-2-8-18(10)13(21)14-7-6-11-15-9-16-17-11/h9-10H,1-8H2,(H,14,21)(H,19,20)(H,15,16,17). The highest BCUT2D eigenvalue weighted by Gasteiger charge is 2.26. The van der Waals surface area contributed by atoms with E-state index < -0.39 is 5.97 Å². The van der Waals surface area contributed by atoms with E-state index in [1.165, 1.54) is 6.33 Å². The molecule has 2 amide bonds. The fourth-order valence-electron chi connectivity index (χ4n) is 2.60. The SMILES string of the molecule is O=C(O)CCC1CCCCN1C(=O)NCCc1ncn[nH]1. The van der Waals surface area contributed by atoms with Crippen molar-refractivity contribution in [2.24, 2.45) is 0 Å². The molecule has 0 saturated carbocycles. The number of carbonyl (C=O) groups is 2. The quantitative estimate of drug-likeness (QED) is 0.718. The predicted molar refractivity (Wildman–Crippen MR) is 74.7 cm³/mol. The summed E-state index contributed by atoms with van der Waals surface area (Å²) < 4.78 is 0. The molecule has 8 heteroatoms. The van der Waals surface area contributed by atoms with Crippen molar-refractivity contribution in [1.82, 2.24) is 25.4 Å². The molecule has 0 radical (unpaired) electrons. The van der Waals surface area contributed by atoms with E-state index in [0.29, 0.717) is 25.9 Å². The summed E-state index contributed by atoms with van der Waals surface area (Å²) in [6.45, 7) is 1.18. The molecule has 0 aliphatic carbocycles. The van der Waals surface area contributed by atoms with Gasteiger partial charge in [0.1, 0.15) is 12.2 Å². The number of hydrogen-bond acceptors (Lipinski definition) is 4. The molecule has 3 N–H and O–H groups in total. The maximum Gasteiger partial charge on any atom is 0.317 e. The van der Waals surface area contributed by atoms with Crippen LogP contribution in [0.1, 0.15) is 37.9 Å². The minimum absolute atomic E-state index is 0.0279. The highest BCUT2D eigenvalue weighted by molar-refractivity contribution is 5.74. The van der Waals surface area contributed by atoms with Gasteiger partial charge in [0, 0.05) is 32.0 Å². The number of H-pyrrole nitrogens is 1. The van der Waals surface area contributed by atoms with E-state index in [-0.39, 0.29) is 18.5 Å². The van der Waals surface area contributed by atoms with E-state index >= 15 is 0 Å². The first-order valence-corrected chi connectivity index (χ1v) is 7.27. The largest absolute Gasteiger partial charge is 0.481 e. The zero-order valence-corrected chi connectivity index (χ0v) is 11.9. The van der Waals surface area contributed by atoms with Gasteiger partial charge in [-0.25, -0.2) is 9.78 Å². The number of carboxylic acids is 1. The lowest BCUT2D eigenvalue weighted by Gasteiger charge is -2.35. The van der Waals surface area contributed by atoms with Crippen molar-refractivity contribution in [2.75, 3.05) is 13.1 Å². The molecule has 116 valence electrons. The van der Waals surface area contributed by atoms with E-state index in [1.807, 2.05) is 0 Å². The Balaban J connectivity index is 1.78. The van der Waals surface area contributed by atoms with Crippen LogP contribution in [0.4, 0.5) is 4.79 Å². The second-order valence-electron chi connectivity index (χ2n) is 5.19. The molecule has 1 aliphatic rings. The fraction of sp³-hybridized carbons (Fsp3) is 0.692. The van der Waals surface area contributed by atoms with Crippen molar-refractivity contribution >= 4 is 12.0 Å². The van der Waals surface area contributed by atoms with Gasteiger partial charge in [0.05, 0.1) is 0 Å². The maximum atomic E-state index is 12.2. The molecule has 2 heterocycles. The van der Waals surface area contributed by atoms with Gasteiger partial charge in [0.25, 0.3) is 0 Å². The Morgan fingerprint density at radius 3 is 3.05 bits per heavy atom. The van der Waals surface area contributed by atoms with E-state index in [2.05, 4.69) is 20.5 Å². The lowest BCUT2D eigenvalue weighted by molar-refractivity contribution is -0.137. The van der Waals surface area contributed by atoms with Gasteiger partial charge in [0.2, 0.25) is 0 Å². The number of rotatable bonds is 6. The van der Waals surface area contributed by atoms with E-state index in [0.717, 1.165) is 25.1 Å². The van der Waals surface area contributed by atoms with Gasteiger partial charge in [-0.05, 0) is 25.7 Å². The second kappa shape index (κ2) is 7.61. The number of likely N-dealkylation sites (tertiary alicyclic amines) is 1. The number of aromatic amines is 1. The Morgan fingerprint density at radius 2 is 2.33 bits per heavy atom. The average molecular weight is 295 g/mol. The molecule has 0 bridgehead atoms. The van der Waals surface area contributed by atoms with Gasteiger partial charge in [0.15, 0.2) is 0 Å². The Kier molecular flexibility index (Phi) is 5.53. The Labute approximate surface area is 122 Å². The maximum absolute atomic E-state index is 12.2. The average Bonchev–Trinajstić information content (AvgIpc) is 2.98. The monoisotopic (exact) mass is 295 g/mol. The first-order chi connectivity index (χ1) is 10.2. The topological polar surface area (TPSA) is 111 Å². The number of nitrogens with one attached hydrogen (secondary N) is 2. The third kappa shape index (κ3) is 4.73. The predicted octanol–water partition coefficient (Wildman–Crippen LogP) is 0.776. The van der Waals surface area contributed by atoms with Crippen molar-refractivity contribution < 1.29 is 14.7 Å². The molecule has 0 aromatic carbocycles. The number of aromatic nitrogens is 3. The molecular weight excluding hydrogens is 274 g/mol. The first kappa shape index (κ1) is 15.3. The van der Waals surface area contributed by atoms with Crippen molar-refractivity contribution in [3.05, 3.63) is 12.2 Å². The normalized spacial score (nSPS) is 18.5. The Morgan fingerprint density at radius 1 is 1.48 bits per heavy atom. The minimum Gasteiger partial charge on any atom is -0.481 e. The molecule has 1 aromatic rings. The number of carbonyl (C=O) groups excluding carboxylic acids is 1. The molecule has 1 aromatic heterocycles. The molecule has 2 rings (SSSR count). The van der Waals surface area contributed by atoms with Gasteiger partial charge >= 0.3 is 12.0 Å². The molecule has 1 saturated heterocycles. The van der Waals surface area contributed by atoms with Crippen molar-refractivity contribution in [3.8, 4) is 0 Å². The number of urea groups is 1. The highest BCUT2D eigenvalue weighted by Crippen LogP contribution is 2.20. The van der Waals surface area contributed by atoms with Gasteiger partial charge in [-0.3, -0.25) is 9.89 Å². The summed E-state index contributed by atoms with van der Waals surface area (Å²) in [4.78, 5) is 28.7. The Hall–Kier alpha value is -2.12. The summed E-state index contributed by atoms with van der Waals surface area (Å²) in [6.07, 6.45) is 5.55. The van der Waals surface area contributed by atoms with Crippen molar-refractivity contribution in [2.45, 2.75) is 44.6 Å². The fourth-order valence-corrected chi connectivity index (χ4v) is 2.60. The minimum atomic E-state index is -0.814. The Bertz CT molecular complexity index is 462. The van der Waals surface area contributed by atoms with Crippen LogP contribution in [0, 0.1) is 0 Å². The van der Waals surface area contributed by atoms with Crippen LogP contribution in [0.2, 0.25) is 0 Å². The van der Waals surface area contributed by atoms with Crippen LogP contribution < -0.4 is 5.32 Å². The van der Waals surface area contributed by atoms with E-state index in [9.17, 15) is 9.59 Å². The number of hydrogen-bond donors (Lipinski definition) is 3. The van der Waals surface area contributed by atoms with Crippen LogP contribution in [0.15, 0.2) is 6.33 Å². The van der Waals surface area contributed by atoms with Crippen LogP contribution >= 0.6 is 0 Å². The zero-order chi connectivity index (χ0) is 15.1. The summed E-state index contributed by atoms with van der Waals surface area (Å²) >= 11 is 0. The summed E-state index contributed by atoms with van der Waals surface area (Å²) in [5.41, 5.74) is 0. The smallest absolute Gasteiger partial charge is 0.317 e. The summed E-state index contributed by atoms with van der Waals surface area (Å²) in [5.74, 6) is -0.0809. The third-order valence-electron chi connectivity index (χ3n) is 3.68. The van der Waals surface area contributed by atoms with Crippen LogP contribution in [0.5, 0.6) is 0 Å². The molecule has 0 spiro atoms. The van der Waals surface area contributed by atoms with Crippen LogP contribution in [-0.4, -0.2) is 56.3 Å². The van der Waals surface area contributed by atoms with Crippen LogP contribution in [0.25, 0.3) is 0 Å². The van der Waals surface area contributed by atoms with Gasteiger partial charge < -0.3 is 15.3 Å². The van der Waals surface area contributed by atoms with Crippen molar-refractivity contribution in [3.63, 3.8) is 0 Å². The van der Waals surface area contributed by atoms with Crippen LogP contribution in [0.3, 0.4) is 0 Å². The third-order valence-corrected chi connectivity index (χ3v) is 3.68. The summed E-state index contributed by atoms with van der Waals surface area (Å²) in [7, 11) is 0. The zero-order valence-electron chi connectivity index (χ0n) is 11.9. The van der Waals surface area contributed by atoms with Crippen molar-refractivity contribution in [1.29, 1.82) is 0 Å². The van der Waals surface area contributed by atoms with Gasteiger partial charge in [-0.2, -0.15) is 5.10 Å². The lowest BCUT2D eigenvalue weighted by atomic mass is 9.98. The molecule has 21 heavy (non-hydrogen) atoms. The summed E-state index contributed by atoms with van der Waals surface area (Å²) in [6, 6.07) is -0.0928. The molecule has 1 fully saturated rings. The number of aliphatic carboxylic acids is 1. The number of amides is 2. The van der Waals surface area contributed by atoms with E-state index in [1.54, 1.807) is 4.90 Å². The molecule has 1 unspecified atom stereocenters.